The van der Waals surface area contributed by atoms with E-state index >= 15 is 0 Å². The fourth-order valence-electron chi connectivity index (χ4n) is 2.04. The number of carbonyl (C=O) groups excluding carboxylic acids is 1. The van der Waals surface area contributed by atoms with Crippen molar-refractivity contribution in [2.75, 3.05) is 11.9 Å². The maximum Gasteiger partial charge on any atom is 0.160 e. The van der Waals surface area contributed by atoms with E-state index in [2.05, 4.69) is 5.32 Å². The number of hydrogen-bond donors (Lipinski definition) is 1. The molecule has 1 fully saturated rings. The molecule has 0 heterocycles. The van der Waals surface area contributed by atoms with Gasteiger partial charge in [-0.3, -0.25) is 4.79 Å². The Bertz CT molecular complexity index is 434. The largest absolute Gasteiger partial charge is 0.494 e. The molecule has 1 aliphatic carbocycles. The Morgan fingerprint density at radius 2 is 1.94 bits per heavy atom. The summed E-state index contributed by atoms with van der Waals surface area (Å²) in [5.41, 5.74) is 1.89. The number of Topliss-reactive ketones (excluding diaryl/α,β-unsaturated/α-hetero) is 1. The van der Waals surface area contributed by atoms with E-state index in [4.69, 9.17) is 4.74 Å². The van der Waals surface area contributed by atoms with Crippen molar-refractivity contribution < 1.29 is 9.53 Å². The average molecular weight is 245 g/mol. The summed E-state index contributed by atoms with van der Waals surface area (Å²) in [5.74, 6) is 1.14. The minimum Gasteiger partial charge on any atom is -0.494 e. The first-order valence-corrected chi connectivity index (χ1v) is 6.51. The van der Waals surface area contributed by atoms with E-state index in [1.165, 1.54) is 0 Å². The van der Waals surface area contributed by atoms with Gasteiger partial charge in [0.2, 0.25) is 0 Å². The predicted molar refractivity (Wildman–Crippen MR) is 72.8 cm³/mol. The fraction of sp³-hybridized carbons (Fsp3) is 0.400. The maximum atomic E-state index is 11.6. The lowest BCUT2D eigenvalue weighted by Crippen LogP contribution is -2.09. The molecular formula is C15H19NO2. The zero-order chi connectivity index (χ0) is 12.8. The summed E-state index contributed by atoms with van der Waals surface area (Å²) in [4.78, 5) is 11.6. The minimum absolute atomic E-state index is 0.277. The first-order valence-electron chi connectivity index (χ1n) is 6.51. The van der Waals surface area contributed by atoms with Crippen LogP contribution in [0.5, 0.6) is 5.75 Å². The molecule has 0 saturated heterocycles. The number of ketones is 1. The average Bonchev–Trinajstić information content (AvgIpc) is 2.40. The number of rotatable bonds is 4. The Labute approximate surface area is 108 Å². The molecule has 1 N–H and O–H groups in total. The zero-order valence-corrected chi connectivity index (χ0v) is 10.7. The number of carbonyl (C=O) groups is 1. The number of ether oxygens (including phenoxy) is 1. The summed E-state index contributed by atoms with van der Waals surface area (Å²) in [6, 6.07) is 7.75. The number of allylic oxidation sites excluding steroid dienone is 1. The lowest BCUT2D eigenvalue weighted by atomic mass is 9.94. The van der Waals surface area contributed by atoms with Gasteiger partial charge in [-0.2, -0.15) is 0 Å². The second-order valence-corrected chi connectivity index (χ2v) is 4.40. The van der Waals surface area contributed by atoms with Crippen LogP contribution in [0, 0.1) is 0 Å². The minimum atomic E-state index is 0.277. The van der Waals surface area contributed by atoms with Gasteiger partial charge >= 0.3 is 0 Å². The number of benzene rings is 1. The summed E-state index contributed by atoms with van der Waals surface area (Å²) >= 11 is 0. The van der Waals surface area contributed by atoms with E-state index < -0.39 is 0 Å². The third-order valence-electron chi connectivity index (χ3n) is 3.04. The predicted octanol–water partition coefficient (Wildman–Crippen LogP) is 3.52. The molecule has 0 radical (unpaired) electrons. The first-order chi connectivity index (χ1) is 8.79. The second kappa shape index (κ2) is 6.24. The van der Waals surface area contributed by atoms with Crippen molar-refractivity contribution in [3.05, 3.63) is 36.0 Å². The Kier molecular flexibility index (Phi) is 4.40. The van der Waals surface area contributed by atoms with Gasteiger partial charge in [0.15, 0.2) is 5.78 Å². The van der Waals surface area contributed by atoms with Gasteiger partial charge < -0.3 is 10.1 Å². The van der Waals surface area contributed by atoms with Gasteiger partial charge in [0, 0.05) is 23.9 Å². The number of anilines is 1. The van der Waals surface area contributed by atoms with Crippen molar-refractivity contribution in [1.82, 2.24) is 0 Å². The van der Waals surface area contributed by atoms with Gasteiger partial charge in [-0.1, -0.05) is 0 Å². The first kappa shape index (κ1) is 12.7. The number of hydrogen-bond acceptors (Lipinski definition) is 3. The van der Waals surface area contributed by atoms with E-state index in [0.29, 0.717) is 13.0 Å². The summed E-state index contributed by atoms with van der Waals surface area (Å²) in [5, 5.41) is 3.18. The smallest absolute Gasteiger partial charge is 0.160 e. The lowest BCUT2D eigenvalue weighted by Gasteiger charge is -2.13. The van der Waals surface area contributed by atoms with Crippen LogP contribution >= 0.6 is 0 Å². The molecule has 3 nitrogen and oxygen atoms in total. The molecule has 0 amide bonds. The molecule has 96 valence electrons. The molecule has 0 bridgehead atoms. The van der Waals surface area contributed by atoms with Gasteiger partial charge in [0.1, 0.15) is 5.75 Å². The third-order valence-corrected chi connectivity index (χ3v) is 3.04. The van der Waals surface area contributed by atoms with Gasteiger partial charge in [0.25, 0.3) is 0 Å². The molecule has 3 heteroatoms. The normalized spacial score (nSPS) is 17.8. The molecule has 0 aliphatic heterocycles. The van der Waals surface area contributed by atoms with Crippen LogP contribution < -0.4 is 10.1 Å². The van der Waals surface area contributed by atoms with Crippen LogP contribution in [0.25, 0.3) is 0 Å². The fourth-order valence-corrected chi connectivity index (χ4v) is 2.04. The van der Waals surface area contributed by atoms with E-state index in [9.17, 15) is 4.79 Å². The van der Waals surface area contributed by atoms with Crippen molar-refractivity contribution in [2.24, 2.45) is 0 Å². The van der Waals surface area contributed by atoms with Crippen LogP contribution in [-0.2, 0) is 4.79 Å². The zero-order valence-electron chi connectivity index (χ0n) is 10.7. The van der Waals surface area contributed by atoms with Crippen LogP contribution in [-0.4, -0.2) is 12.4 Å². The lowest BCUT2D eigenvalue weighted by molar-refractivity contribution is -0.116. The van der Waals surface area contributed by atoms with E-state index in [1.54, 1.807) is 0 Å². The van der Waals surface area contributed by atoms with Crippen molar-refractivity contribution in [3.63, 3.8) is 0 Å². The third kappa shape index (κ3) is 3.36. The Morgan fingerprint density at radius 3 is 2.61 bits per heavy atom. The Balaban J connectivity index is 1.96. The topological polar surface area (TPSA) is 38.3 Å². The summed E-state index contributed by atoms with van der Waals surface area (Å²) in [6.07, 6.45) is 5.57. The Hall–Kier alpha value is -1.77. The highest BCUT2D eigenvalue weighted by Crippen LogP contribution is 2.21. The second-order valence-electron chi connectivity index (χ2n) is 4.40. The van der Waals surface area contributed by atoms with Crippen LogP contribution in [0.2, 0.25) is 0 Å². The highest BCUT2D eigenvalue weighted by atomic mass is 16.5. The molecule has 1 saturated carbocycles. The molecule has 0 aromatic heterocycles. The molecule has 18 heavy (non-hydrogen) atoms. The summed E-state index contributed by atoms with van der Waals surface area (Å²) < 4.78 is 5.38. The van der Waals surface area contributed by atoms with Crippen molar-refractivity contribution >= 4 is 11.5 Å². The molecule has 0 atom stereocenters. The highest BCUT2D eigenvalue weighted by Gasteiger charge is 2.14. The molecule has 1 aliphatic rings. The van der Waals surface area contributed by atoms with E-state index in [1.807, 2.05) is 37.4 Å². The van der Waals surface area contributed by atoms with E-state index in [-0.39, 0.29) is 5.78 Å². The molecular weight excluding hydrogens is 226 g/mol. The molecule has 2 rings (SSSR count). The standard InChI is InChI=1S/C15H19NO2/c1-2-18-14-9-7-13(8-10-14)16-11-12-5-3-4-6-15(12)17/h7-11,16H,2-6H2,1H3/b12-11-. The molecule has 1 aromatic carbocycles. The van der Waals surface area contributed by atoms with Crippen molar-refractivity contribution in [1.29, 1.82) is 0 Å². The van der Waals surface area contributed by atoms with Crippen LogP contribution in [0.1, 0.15) is 32.6 Å². The van der Waals surface area contributed by atoms with Crippen LogP contribution in [0.15, 0.2) is 36.0 Å². The molecule has 0 spiro atoms. The van der Waals surface area contributed by atoms with E-state index in [0.717, 1.165) is 36.3 Å². The van der Waals surface area contributed by atoms with Crippen molar-refractivity contribution in [3.8, 4) is 5.75 Å². The van der Waals surface area contributed by atoms with Crippen LogP contribution in [0.3, 0.4) is 0 Å². The summed E-state index contributed by atoms with van der Waals surface area (Å²) in [6.45, 7) is 2.64. The van der Waals surface area contributed by atoms with Crippen LogP contribution in [0.4, 0.5) is 5.69 Å². The quantitative estimate of drug-likeness (QED) is 0.825. The maximum absolute atomic E-state index is 11.6. The Morgan fingerprint density at radius 1 is 1.22 bits per heavy atom. The molecule has 1 aromatic rings. The SMILES string of the molecule is CCOc1ccc(N/C=C2/CCCCC2=O)cc1. The van der Waals surface area contributed by atoms with Gasteiger partial charge in [0.05, 0.1) is 6.61 Å². The van der Waals surface area contributed by atoms with Gasteiger partial charge in [-0.25, -0.2) is 0 Å². The number of nitrogens with one attached hydrogen (secondary N) is 1. The molecule has 0 unspecified atom stereocenters. The highest BCUT2D eigenvalue weighted by molar-refractivity contribution is 5.96. The van der Waals surface area contributed by atoms with Crippen molar-refractivity contribution in [2.45, 2.75) is 32.6 Å². The monoisotopic (exact) mass is 245 g/mol. The van der Waals surface area contributed by atoms with Gasteiger partial charge in [-0.05, 0) is 50.5 Å². The summed E-state index contributed by atoms with van der Waals surface area (Å²) in [7, 11) is 0. The van der Waals surface area contributed by atoms with Gasteiger partial charge in [-0.15, -0.1) is 0 Å².